The highest BCUT2D eigenvalue weighted by Gasteiger charge is 2.41. The first kappa shape index (κ1) is 11.0. The lowest BCUT2D eigenvalue weighted by Crippen LogP contribution is -2.33. The zero-order valence-electron chi connectivity index (χ0n) is 8.89. The minimum atomic E-state index is -0.899. The average molecular weight is 223 g/mol. The molecule has 0 spiro atoms. The van der Waals surface area contributed by atoms with Crippen molar-refractivity contribution in [1.29, 1.82) is 0 Å². The number of benzene rings is 1. The van der Waals surface area contributed by atoms with Crippen LogP contribution in [0, 0.1) is 18.6 Å². The molecule has 0 aliphatic heterocycles. The molecule has 0 amide bonds. The Bertz CT molecular complexity index is 474. The Morgan fingerprint density at radius 3 is 2.56 bits per heavy atom. The number of isocyanates is 1. The van der Waals surface area contributed by atoms with Crippen LogP contribution in [0.3, 0.4) is 0 Å². The molecule has 0 radical (unpaired) electrons. The fourth-order valence-corrected chi connectivity index (χ4v) is 2.10. The van der Waals surface area contributed by atoms with Crippen LogP contribution in [0.25, 0.3) is 0 Å². The van der Waals surface area contributed by atoms with Gasteiger partial charge < -0.3 is 0 Å². The number of halogens is 2. The average Bonchev–Trinajstić information content (AvgIpc) is 2.17. The van der Waals surface area contributed by atoms with Crippen molar-refractivity contribution in [3.05, 3.63) is 34.9 Å². The van der Waals surface area contributed by atoms with E-state index in [-0.39, 0.29) is 5.56 Å². The van der Waals surface area contributed by atoms with Crippen LogP contribution < -0.4 is 0 Å². The molecule has 0 bridgehead atoms. The van der Waals surface area contributed by atoms with Gasteiger partial charge in [0.05, 0.1) is 0 Å². The second kappa shape index (κ2) is 3.80. The SMILES string of the molecule is Cc1cc(F)c(F)c(C2(N=C=O)CCC2)c1. The highest BCUT2D eigenvalue weighted by atomic mass is 19.2. The van der Waals surface area contributed by atoms with Crippen LogP contribution in [-0.2, 0) is 10.3 Å². The topological polar surface area (TPSA) is 29.4 Å². The van der Waals surface area contributed by atoms with Crippen molar-refractivity contribution in [3.8, 4) is 0 Å². The van der Waals surface area contributed by atoms with Crippen molar-refractivity contribution in [3.63, 3.8) is 0 Å². The number of nitrogens with zero attached hydrogens (tertiary/aromatic N) is 1. The summed E-state index contributed by atoms with van der Waals surface area (Å²) in [7, 11) is 0. The van der Waals surface area contributed by atoms with Gasteiger partial charge in [0.25, 0.3) is 0 Å². The van der Waals surface area contributed by atoms with Crippen molar-refractivity contribution >= 4 is 6.08 Å². The van der Waals surface area contributed by atoms with Gasteiger partial charge in [0.1, 0.15) is 5.54 Å². The van der Waals surface area contributed by atoms with Crippen LogP contribution in [-0.4, -0.2) is 6.08 Å². The van der Waals surface area contributed by atoms with E-state index in [9.17, 15) is 13.6 Å². The molecule has 0 N–H and O–H groups in total. The lowest BCUT2D eigenvalue weighted by Gasteiger charge is -2.37. The maximum absolute atomic E-state index is 13.7. The summed E-state index contributed by atoms with van der Waals surface area (Å²) >= 11 is 0. The van der Waals surface area contributed by atoms with Crippen LogP contribution >= 0.6 is 0 Å². The first-order valence-corrected chi connectivity index (χ1v) is 5.14. The smallest absolute Gasteiger partial charge is 0.211 e. The summed E-state index contributed by atoms with van der Waals surface area (Å²) in [6.07, 6.45) is 3.47. The fourth-order valence-electron chi connectivity index (χ4n) is 2.10. The van der Waals surface area contributed by atoms with Crippen molar-refractivity contribution in [2.24, 2.45) is 4.99 Å². The summed E-state index contributed by atoms with van der Waals surface area (Å²) in [5.41, 5.74) is -0.0699. The molecule has 0 heterocycles. The number of hydrogen-bond acceptors (Lipinski definition) is 2. The minimum absolute atomic E-state index is 0.180. The van der Waals surface area contributed by atoms with E-state index in [2.05, 4.69) is 4.99 Å². The van der Waals surface area contributed by atoms with Gasteiger partial charge in [-0.2, -0.15) is 4.99 Å². The molecule has 1 saturated carbocycles. The van der Waals surface area contributed by atoms with Gasteiger partial charge in [-0.25, -0.2) is 13.6 Å². The predicted octanol–water partition coefficient (Wildman–Crippen LogP) is 2.99. The Balaban J connectivity index is 2.58. The number of aryl methyl sites for hydroxylation is 1. The minimum Gasteiger partial charge on any atom is -0.211 e. The van der Waals surface area contributed by atoms with Gasteiger partial charge in [-0.05, 0) is 37.8 Å². The third kappa shape index (κ3) is 1.55. The second-order valence-electron chi connectivity index (χ2n) is 4.20. The molecule has 1 aromatic carbocycles. The molecule has 0 atom stereocenters. The molecule has 84 valence electrons. The number of carbonyl (C=O) groups excluding carboxylic acids is 1. The summed E-state index contributed by atoms with van der Waals surface area (Å²) in [5, 5.41) is 0. The molecule has 1 fully saturated rings. The van der Waals surface area contributed by atoms with Crippen molar-refractivity contribution in [2.75, 3.05) is 0 Å². The summed E-state index contributed by atoms with van der Waals surface area (Å²) in [6.45, 7) is 1.68. The van der Waals surface area contributed by atoms with Crippen LogP contribution in [0.5, 0.6) is 0 Å². The van der Waals surface area contributed by atoms with E-state index in [0.29, 0.717) is 18.4 Å². The second-order valence-corrected chi connectivity index (χ2v) is 4.20. The van der Waals surface area contributed by atoms with E-state index < -0.39 is 17.2 Å². The van der Waals surface area contributed by atoms with Crippen molar-refractivity contribution in [2.45, 2.75) is 31.7 Å². The van der Waals surface area contributed by atoms with Gasteiger partial charge in [-0.3, -0.25) is 0 Å². The zero-order chi connectivity index (χ0) is 11.8. The fraction of sp³-hybridized carbons (Fsp3) is 0.417. The van der Waals surface area contributed by atoms with Gasteiger partial charge in [0.2, 0.25) is 6.08 Å². The molecule has 4 heteroatoms. The molecule has 0 aromatic heterocycles. The standard InChI is InChI=1S/C12H11F2NO/c1-8-5-9(11(14)10(13)6-8)12(15-7-16)3-2-4-12/h5-6H,2-4H2,1H3. The van der Waals surface area contributed by atoms with Crippen LogP contribution in [0.2, 0.25) is 0 Å². The van der Waals surface area contributed by atoms with Crippen LogP contribution in [0.4, 0.5) is 8.78 Å². The largest absolute Gasteiger partial charge is 0.235 e. The summed E-state index contributed by atoms with van der Waals surface area (Å²) in [5.74, 6) is -1.79. The zero-order valence-corrected chi connectivity index (χ0v) is 8.89. The maximum Gasteiger partial charge on any atom is 0.235 e. The summed E-state index contributed by atoms with van der Waals surface area (Å²) in [4.78, 5) is 14.0. The Morgan fingerprint density at radius 1 is 1.38 bits per heavy atom. The van der Waals surface area contributed by atoms with Gasteiger partial charge in [0.15, 0.2) is 11.6 Å². The Labute approximate surface area is 92.0 Å². The highest BCUT2D eigenvalue weighted by Crippen LogP contribution is 2.46. The van der Waals surface area contributed by atoms with E-state index in [4.69, 9.17) is 0 Å². The molecule has 1 aliphatic carbocycles. The lowest BCUT2D eigenvalue weighted by atomic mass is 9.72. The molecule has 2 rings (SSSR count). The molecule has 1 aliphatic rings. The van der Waals surface area contributed by atoms with Crippen LogP contribution in [0.1, 0.15) is 30.4 Å². The van der Waals surface area contributed by atoms with E-state index in [1.165, 1.54) is 6.08 Å². The van der Waals surface area contributed by atoms with Gasteiger partial charge in [0, 0.05) is 5.56 Å². The van der Waals surface area contributed by atoms with Gasteiger partial charge in [-0.15, -0.1) is 0 Å². The molecular weight excluding hydrogens is 212 g/mol. The molecule has 1 aromatic rings. The van der Waals surface area contributed by atoms with Crippen LogP contribution in [0.15, 0.2) is 17.1 Å². The lowest BCUT2D eigenvalue weighted by molar-refractivity contribution is 0.244. The van der Waals surface area contributed by atoms with E-state index in [1.54, 1.807) is 13.0 Å². The third-order valence-corrected chi connectivity index (χ3v) is 3.11. The molecule has 0 saturated heterocycles. The molecular formula is C12H11F2NO. The normalized spacial score (nSPS) is 17.4. The molecule has 16 heavy (non-hydrogen) atoms. The van der Waals surface area contributed by atoms with E-state index in [1.807, 2.05) is 0 Å². The Morgan fingerprint density at radius 2 is 2.06 bits per heavy atom. The summed E-state index contributed by atoms with van der Waals surface area (Å²) in [6, 6.07) is 2.69. The van der Waals surface area contributed by atoms with E-state index in [0.717, 1.165) is 12.5 Å². The van der Waals surface area contributed by atoms with E-state index >= 15 is 0 Å². The Kier molecular flexibility index (Phi) is 2.60. The number of rotatable bonds is 2. The summed E-state index contributed by atoms with van der Waals surface area (Å²) < 4.78 is 26.9. The first-order chi connectivity index (χ1) is 7.59. The molecule has 0 unspecified atom stereocenters. The van der Waals surface area contributed by atoms with Crippen molar-refractivity contribution in [1.82, 2.24) is 0 Å². The third-order valence-electron chi connectivity index (χ3n) is 3.11. The van der Waals surface area contributed by atoms with Gasteiger partial charge >= 0.3 is 0 Å². The molecule has 2 nitrogen and oxygen atoms in total. The predicted molar refractivity (Wildman–Crippen MR) is 54.7 cm³/mol. The highest BCUT2D eigenvalue weighted by molar-refractivity contribution is 5.41. The quantitative estimate of drug-likeness (QED) is 0.559. The monoisotopic (exact) mass is 223 g/mol. The first-order valence-electron chi connectivity index (χ1n) is 5.14. The number of hydrogen-bond donors (Lipinski definition) is 0. The van der Waals surface area contributed by atoms with Crippen molar-refractivity contribution < 1.29 is 13.6 Å². The maximum atomic E-state index is 13.7. The number of aliphatic imine (C=N–C) groups is 1. The van der Waals surface area contributed by atoms with Gasteiger partial charge in [-0.1, -0.05) is 6.07 Å². The Hall–Kier alpha value is -1.54.